The molecule has 0 spiro atoms. The zero-order valence-corrected chi connectivity index (χ0v) is 25.3. The molecule has 1 amide bonds. The number of nitrogens with zero attached hydrogens (tertiary/aromatic N) is 5. The Morgan fingerprint density at radius 1 is 1.09 bits per heavy atom. The number of anilines is 2. The number of carbonyl (C=O) groups is 1. The molecule has 0 aliphatic rings. The topological polar surface area (TPSA) is 116 Å². The van der Waals surface area contributed by atoms with Crippen LogP contribution >= 0.6 is 11.6 Å². The standard InChI is InChI=1S/C33H36ClN7O2/c1-4-40(5-2)17-9-8-16-36-33-37-22-25-20-28(27-13-6-7-14-29(27)34)32(43)41(30(25)39-33)18-15-24-11-10-12-26(19-24)38-31(42)23(3)21-35/h6-7,10-14,19-20,22H,3-5,8-9,15-18H2,1-2H3,(H,38,42)(H,36,37,39). The normalized spacial score (nSPS) is 11.0. The van der Waals surface area contributed by atoms with Gasteiger partial charge in [0.15, 0.2) is 0 Å². The number of benzene rings is 2. The Labute approximate surface area is 256 Å². The second-order valence-corrected chi connectivity index (χ2v) is 10.5. The summed E-state index contributed by atoms with van der Waals surface area (Å²) in [5.74, 6) is -0.0875. The number of hydrogen-bond donors (Lipinski definition) is 2. The Morgan fingerprint density at radius 2 is 1.88 bits per heavy atom. The van der Waals surface area contributed by atoms with Gasteiger partial charge in [0.2, 0.25) is 5.95 Å². The van der Waals surface area contributed by atoms with E-state index in [0.29, 0.717) is 46.4 Å². The van der Waals surface area contributed by atoms with Gasteiger partial charge in [0.25, 0.3) is 11.5 Å². The van der Waals surface area contributed by atoms with E-state index in [0.717, 1.165) is 50.0 Å². The number of aromatic nitrogens is 3. The Balaban J connectivity index is 1.62. The number of nitriles is 1. The highest BCUT2D eigenvalue weighted by atomic mass is 35.5. The lowest BCUT2D eigenvalue weighted by Gasteiger charge is -2.17. The summed E-state index contributed by atoms with van der Waals surface area (Å²) in [6, 6.07) is 18.1. The van der Waals surface area contributed by atoms with Gasteiger partial charge in [-0.15, -0.1) is 0 Å². The number of amides is 1. The second-order valence-electron chi connectivity index (χ2n) is 10.1. The van der Waals surface area contributed by atoms with Gasteiger partial charge in [-0.25, -0.2) is 4.98 Å². The molecule has 0 fully saturated rings. The fourth-order valence-electron chi connectivity index (χ4n) is 4.83. The van der Waals surface area contributed by atoms with E-state index in [4.69, 9.17) is 21.8 Å². The summed E-state index contributed by atoms with van der Waals surface area (Å²) in [6.45, 7) is 12.0. The first-order valence-corrected chi connectivity index (χ1v) is 14.8. The lowest BCUT2D eigenvalue weighted by Crippen LogP contribution is -2.25. The molecule has 43 heavy (non-hydrogen) atoms. The highest BCUT2D eigenvalue weighted by molar-refractivity contribution is 6.33. The Bertz CT molecular complexity index is 1710. The smallest absolute Gasteiger partial charge is 0.265 e. The third-order valence-electron chi connectivity index (χ3n) is 7.29. The predicted molar refractivity (Wildman–Crippen MR) is 173 cm³/mol. The molecule has 0 unspecified atom stereocenters. The van der Waals surface area contributed by atoms with Crippen molar-refractivity contribution in [3.05, 3.63) is 93.9 Å². The van der Waals surface area contributed by atoms with Crippen LogP contribution in [0.25, 0.3) is 22.2 Å². The minimum absolute atomic E-state index is 0.173. The van der Waals surface area contributed by atoms with Gasteiger partial charge in [0.1, 0.15) is 17.3 Å². The van der Waals surface area contributed by atoms with Crippen molar-refractivity contribution in [1.82, 2.24) is 19.4 Å². The first-order chi connectivity index (χ1) is 20.8. The number of carbonyl (C=O) groups excluding carboxylic acids is 1. The second kappa shape index (κ2) is 15.1. The number of halogens is 1. The van der Waals surface area contributed by atoms with Crippen molar-refractivity contribution < 1.29 is 4.79 Å². The third-order valence-corrected chi connectivity index (χ3v) is 7.62. The minimum Gasteiger partial charge on any atom is -0.354 e. The van der Waals surface area contributed by atoms with Crippen molar-refractivity contribution in [3.8, 4) is 17.2 Å². The van der Waals surface area contributed by atoms with Gasteiger partial charge in [-0.1, -0.05) is 62.4 Å². The summed E-state index contributed by atoms with van der Waals surface area (Å²) in [6.07, 6.45) is 4.26. The van der Waals surface area contributed by atoms with Crippen LogP contribution in [0.3, 0.4) is 0 Å². The van der Waals surface area contributed by atoms with Crippen molar-refractivity contribution in [1.29, 1.82) is 5.26 Å². The maximum absolute atomic E-state index is 13.9. The largest absolute Gasteiger partial charge is 0.354 e. The molecular formula is C33H36ClN7O2. The van der Waals surface area contributed by atoms with Gasteiger partial charge < -0.3 is 15.5 Å². The molecular weight excluding hydrogens is 562 g/mol. The Hall–Kier alpha value is -4.52. The average Bonchev–Trinajstić information content (AvgIpc) is 3.02. The van der Waals surface area contributed by atoms with Gasteiger partial charge in [0, 0.05) is 46.5 Å². The van der Waals surface area contributed by atoms with Crippen LogP contribution in [0.15, 0.2) is 77.7 Å². The SMILES string of the molecule is C=C(C#N)C(=O)Nc1cccc(CCn2c(=O)c(-c3ccccc3Cl)cc3cnc(NCCCCN(CC)CC)nc32)c1. The molecule has 0 atom stereocenters. The zero-order valence-electron chi connectivity index (χ0n) is 24.6. The van der Waals surface area contributed by atoms with Gasteiger partial charge in [-0.05, 0) is 68.7 Å². The van der Waals surface area contributed by atoms with Crippen molar-refractivity contribution in [2.24, 2.45) is 0 Å². The predicted octanol–water partition coefficient (Wildman–Crippen LogP) is 5.91. The van der Waals surface area contributed by atoms with Crippen LogP contribution in [0.4, 0.5) is 11.6 Å². The highest BCUT2D eigenvalue weighted by Gasteiger charge is 2.16. The van der Waals surface area contributed by atoms with E-state index in [2.05, 4.69) is 40.9 Å². The van der Waals surface area contributed by atoms with Crippen LogP contribution in [0, 0.1) is 11.3 Å². The molecule has 2 N–H and O–H groups in total. The first kappa shape index (κ1) is 31.4. The first-order valence-electron chi connectivity index (χ1n) is 14.5. The molecule has 222 valence electrons. The molecule has 2 aromatic carbocycles. The number of hydrogen-bond acceptors (Lipinski definition) is 7. The molecule has 2 heterocycles. The van der Waals surface area contributed by atoms with E-state index in [9.17, 15) is 9.59 Å². The van der Waals surface area contributed by atoms with E-state index >= 15 is 0 Å². The fraction of sp³-hybridized carbons (Fsp3) is 0.303. The summed E-state index contributed by atoms with van der Waals surface area (Å²) in [5.41, 5.74) is 2.68. The molecule has 0 bridgehead atoms. The number of unbranched alkanes of at least 4 members (excludes halogenated alkanes) is 1. The summed E-state index contributed by atoms with van der Waals surface area (Å²) >= 11 is 6.49. The molecule has 0 saturated carbocycles. The summed E-state index contributed by atoms with van der Waals surface area (Å²) in [7, 11) is 0. The van der Waals surface area contributed by atoms with E-state index in [1.807, 2.05) is 36.4 Å². The van der Waals surface area contributed by atoms with Crippen LogP contribution in [-0.2, 0) is 17.8 Å². The van der Waals surface area contributed by atoms with Crippen molar-refractivity contribution in [2.75, 3.05) is 36.8 Å². The highest BCUT2D eigenvalue weighted by Crippen LogP contribution is 2.27. The summed E-state index contributed by atoms with van der Waals surface area (Å²) in [4.78, 5) is 37.7. The van der Waals surface area contributed by atoms with Gasteiger partial charge in [-0.3, -0.25) is 14.2 Å². The monoisotopic (exact) mass is 597 g/mol. The molecule has 2 aromatic heterocycles. The molecule has 4 rings (SSSR count). The van der Waals surface area contributed by atoms with Crippen molar-refractivity contribution in [3.63, 3.8) is 0 Å². The van der Waals surface area contributed by atoms with Crippen molar-refractivity contribution in [2.45, 2.75) is 39.7 Å². The lowest BCUT2D eigenvalue weighted by molar-refractivity contribution is -0.112. The number of fused-ring (bicyclic) bond motifs is 1. The van der Waals surface area contributed by atoms with E-state index < -0.39 is 5.91 Å². The van der Waals surface area contributed by atoms with Crippen LogP contribution < -0.4 is 16.2 Å². The number of nitrogens with one attached hydrogen (secondary N) is 2. The molecule has 10 heteroatoms. The van der Waals surface area contributed by atoms with Crippen LogP contribution in [-0.4, -0.2) is 51.5 Å². The van der Waals surface area contributed by atoms with Gasteiger partial charge in [0.05, 0.1) is 0 Å². The van der Waals surface area contributed by atoms with E-state index in [1.54, 1.807) is 35.0 Å². The molecule has 0 aliphatic heterocycles. The Kier molecular flexibility index (Phi) is 11.0. The average molecular weight is 598 g/mol. The van der Waals surface area contributed by atoms with E-state index in [-0.39, 0.29) is 11.1 Å². The molecule has 9 nitrogen and oxygen atoms in total. The molecule has 0 aliphatic carbocycles. The molecule has 0 radical (unpaired) electrons. The number of pyridine rings is 1. The van der Waals surface area contributed by atoms with Gasteiger partial charge in [-0.2, -0.15) is 10.2 Å². The summed E-state index contributed by atoms with van der Waals surface area (Å²) in [5, 5.41) is 16.1. The zero-order chi connectivity index (χ0) is 30.8. The fourth-order valence-corrected chi connectivity index (χ4v) is 5.06. The molecule has 4 aromatic rings. The lowest BCUT2D eigenvalue weighted by atomic mass is 10.1. The van der Waals surface area contributed by atoms with Gasteiger partial charge >= 0.3 is 0 Å². The maximum atomic E-state index is 13.9. The van der Waals surface area contributed by atoms with Crippen LogP contribution in [0.1, 0.15) is 32.3 Å². The van der Waals surface area contributed by atoms with E-state index in [1.165, 1.54) is 0 Å². The molecule has 0 saturated heterocycles. The Morgan fingerprint density at radius 3 is 2.63 bits per heavy atom. The minimum atomic E-state index is -0.556. The number of rotatable bonds is 14. The van der Waals surface area contributed by atoms with Crippen LogP contribution in [0.2, 0.25) is 5.02 Å². The van der Waals surface area contributed by atoms with Crippen LogP contribution in [0.5, 0.6) is 0 Å². The quantitative estimate of drug-likeness (QED) is 0.105. The number of aryl methyl sites for hydroxylation is 2. The van der Waals surface area contributed by atoms with Crippen molar-refractivity contribution >= 4 is 40.2 Å². The summed E-state index contributed by atoms with van der Waals surface area (Å²) < 4.78 is 1.66. The maximum Gasteiger partial charge on any atom is 0.265 e. The third kappa shape index (κ3) is 8.07.